The number of para-hydroxylation sites is 2. The van der Waals surface area contributed by atoms with Crippen molar-refractivity contribution >= 4 is 26.6 Å². The van der Waals surface area contributed by atoms with Crippen LogP contribution in [-0.4, -0.2) is 24.7 Å². The van der Waals surface area contributed by atoms with E-state index in [-0.39, 0.29) is 0 Å². The Kier molecular flexibility index (Phi) is 2.14. The molecule has 0 unspecified atom stereocenters. The number of aryl methyl sites for hydroxylation is 2. The fourth-order valence-corrected chi connectivity index (χ4v) is 2.35. The third-order valence-electron chi connectivity index (χ3n) is 2.37. The first-order valence-corrected chi connectivity index (χ1v) is 5.25. The zero-order chi connectivity index (χ0) is 9.42. The van der Waals surface area contributed by atoms with E-state index >= 15 is 0 Å². The molecule has 0 fully saturated rings. The summed E-state index contributed by atoms with van der Waals surface area (Å²) in [6.07, 6.45) is 0. The fourth-order valence-electron chi connectivity index (χ4n) is 1.67. The summed E-state index contributed by atoms with van der Waals surface area (Å²) in [6.45, 7) is 3.16. The van der Waals surface area contributed by atoms with Crippen molar-refractivity contribution in [3.8, 4) is 0 Å². The maximum atomic E-state index is 3.11. The zero-order valence-electron chi connectivity index (χ0n) is 7.82. The van der Waals surface area contributed by atoms with E-state index in [9.17, 15) is 0 Å². The van der Waals surface area contributed by atoms with Crippen LogP contribution >= 0.6 is 0 Å². The van der Waals surface area contributed by atoms with Crippen molar-refractivity contribution in [2.75, 3.05) is 0 Å². The molecule has 0 aliphatic rings. The van der Waals surface area contributed by atoms with Gasteiger partial charge in [0.25, 0.3) is 0 Å². The molecule has 1 aromatic carbocycles. The van der Waals surface area contributed by atoms with Crippen LogP contribution in [0.4, 0.5) is 0 Å². The summed E-state index contributed by atoms with van der Waals surface area (Å²) in [6, 6.07) is 8.44. The molecule has 0 saturated carbocycles. The summed E-state index contributed by atoms with van der Waals surface area (Å²) in [5.74, 6) is 0. The Balaban J connectivity index is 2.98. The number of benzene rings is 1. The molecule has 2 nitrogen and oxygen atoms in total. The molecular formula is C10H12N2Se. The second-order valence-corrected chi connectivity index (χ2v) is 3.84. The Morgan fingerprint density at radius 1 is 1.23 bits per heavy atom. The topological polar surface area (TPSA) is 9.86 Å². The van der Waals surface area contributed by atoms with Crippen LogP contribution in [0.1, 0.15) is 6.92 Å². The molecule has 0 spiro atoms. The SMILES string of the molecule is CCn1c(=[Se])n(C)c2ccccc21. The van der Waals surface area contributed by atoms with Crippen LogP contribution in [0, 0.1) is 4.32 Å². The quantitative estimate of drug-likeness (QED) is 0.670. The van der Waals surface area contributed by atoms with Gasteiger partial charge in [-0.25, -0.2) is 0 Å². The monoisotopic (exact) mass is 240 g/mol. The Bertz CT molecular complexity index is 493. The number of aromatic nitrogens is 2. The van der Waals surface area contributed by atoms with Crippen molar-refractivity contribution in [3.05, 3.63) is 28.6 Å². The number of hydrogen-bond acceptors (Lipinski definition) is 0. The molecule has 2 rings (SSSR count). The van der Waals surface area contributed by atoms with Gasteiger partial charge in [-0.2, -0.15) is 0 Å². The number of imidazole rings is 1. The molecule has 2 aromatic rings. The van der Waals surface area contributed by atoms with E-state index in [0.717, 1.165) is 6.54 Å². The van der Waals surface area contributed by atoms with Gasteiger partial charge in [0.2, 0.25) is 0 Å². The van der Waals surface area contributed by atoms with Crippen LogP contribution in [0.2, 0.25) is 0 Å². The van der Waals surface area contributed by atoms with Gasteiger partial charge in [0.05, 0.1) is 0 Å². The van der Waals surface area contributed by atoms with Gasteiger partial charge in [-0.1, -0.05) is 0 Å². The first-order chi connectivity index (χ1) is 6.25. The molecule has 0 aliphatic carbocycles. The Labute approximate surface area is 85.2 Å². The summed E-state index contributed by atoms with van der Waals surface area (Å²) in [5.41, 5.74) is 2.57. The van der Waals surface area contributed by atoms with Gasteiger partial charge in [-0.05, 0) is 0 Å². The molecule has 1 heterocycles. The summed E-state index contributed by atoms with van der Waals surface area (Å²) in [4.78, 5) is 0. The van der Waals surface area contributed by atoms with Gasteiger partial charge < -0.3 is 0 Å². The Morgan fingerprint density at radius 2 is 1.85 bits per heavy atom. The molecule has 0 saturated heterocycles. The van der Waals surface area contributed by atoms with Gasteiger partial charge >= 0.3 is 84.8 Å². The van der Waals surface area contributed by atoms with Crippen molar-refractivity contribution in [3.63, 3.8) is 0 Å². The number of fused-ring (bicyclic) bond motifs is 1. The van der Waals surface area contributed by atoms with Crippen molar-refractivity contribution in [2.24, 2.45) is 7.05 Å². The zero-order valence-corrected chi connectivity index (χ0v) is 9.53. The molecule has 68 valence electrons. The van der Waals surface area contributed by atoms with E-state index in [2.05, 4.69) is 62.9 Å². The summed E-state index contributed by atoms with van der Waals surface area (Å²) in [5, 5.41) is 0. The molecule has 0 atom stereocenters. The Hall–Kier alpha value is -0.791. The number of hydrogen-bond donors (Lipinski definition) is 0. The van der Waals surface area contributed by atoms with E-state index < -0.39 is 0 Å². The summed E-state index contributed by atoms with van der Waals surface area (Å²) >= 11 is 3.11. The molecule has 0 radical (unpaired) electrons. The van der Waals surface area contributed by atoms with E-state index in [0.29, 0.717) is 0 Å². The predicted molar refractivity (Wildman–Crippen MR) is 55.6 cm³/mol. The van der Waals surface area contributed by atoms with Crippen molar-refractivity contribution in [2.45, 2.75) is 13.5 Å². The third kappa shape index (κ3) is 1.19. The number of nitrogens with zero attached hydrogens (tertiary/aromatic N) is 2. The average Bonchev–Trinajstić information content (AvgIpc) is 2.41. The van der Waals surface area contributed by atoms with Gasteiger partial charge in [0, 0.05) is 0 Å². The van der Waals surface area contributed by atoms with Crippen LogP contribution in [0.5, 0.6) is 0 Å². The van der Waals surface area contributed by atoms with E-state index in [1.165, 1.54) is 15.4 Å². The molecule has 3 heteroatoms. The van der Waals surface area contributed by atoms with Crippen LogP contribution in [0.3, 0.4) is 0 Å². The molecule has 13 heavy (non-hydrogen) atoms. The first-order valence-electron chi connectivity index (χ1n) is 4.40. The molecule has 0 N–H and O–H groups in total. The minimum absolute atomic E-state index is 1.00. The number of rotatable bonds is 1. The fraction of sp³-hybridized carbons (Fsp3) is 0.300. The van der Waals surface area contributed by atoms with E-state index in [1.54, 1.807) is 0 Å². The Morgan fingerprint density at radius 3 is 2.46 bits per heavy atom. The summed E-state index contributed by atoms with van der Waals surface area (Å²) < 4.78 is 5.64. The third-order valence-corrected chi connectivity index (χ3v) is 3.40. The van der Waals surface area contributed by atoms with Gasteiger partial charge in [0.15, 0.2) is 0 Å². The van der Waals surface area contributed by atoms with Gasteiger partial charge in [0.1, 0.15) is 0 Å². The molecule has 0 aliphatic heterocycles. The van der Waals surface area contributed by atoms with E-state index in [4.69, 9.17) is 0 Å². The molecule has 0 amide bonds. The van der Waals surface area contributed by atoms with Crippen LogP contribution in [-0.2, 0) is 13.6 Å². The van der Waals surface area contributed by atoms with Crippen LogP contribution in [0.25, 0.3) is 11.0 Å². The first kappa shape index (κ1) is 8.79. The van der Waals surface area contributed by atoms with Crippen LogP contribution < -0.4 is 0 Å². The second-order valence-electron chi connectivity index (χ2n) is 3.07. The standard InChI is InChI=1S/C10H12N2Se/c1-3-12-9-7-5-4-6-8(9)11(2)10(12)13/h4-7H,3H2,1-2H3. The van der Waals surface area contributed by atoms with Crippen molar-refractivity contribution in [1.29, 1.82) is 0 Å². The molecule has 0 bridgehead atoms. The van der Waals surface area contributed by atoms with Crippen LogP contribution in [0.15, 0.2) is 24.3 Å². The molecule has 1 aromatic heterocycles. The minimum atomic E-state index is 1.00. The van der Waals surface area contributed by atoms with Gasteiger partial charge in [-0.15, -0.1) is 0 Å². The van der Waals surface area contributed by atoms with Gasteiger partial charge in [-0.3, -0.25) is 0 Å². The second kappa shape index (κ2) is 3.17. The maximum absolute atomic E-state index is 3.11. The molecular weight excluding hydrogens is 227 g/mol. The van der Waals surface area contributed by atoms with E-state index in [1.807, 2.05) is 0 Å². The van der Waals surface area contributed by atoms with Crippen molar-refractivity contribution < 1.29 is 0 Å². The average molecular weight is 239 g/mol. The predicted octanol–water partition coefficient (Wildman–Crippen LogP) is 1.70. The summed E-state index contributed by atoms with van der Waals surface area (Å²) in [7, 11) is 2.08. The normalized spacial score (nSPS) is 10.9. The van der Waals surface area contributed by atoms with Crippen molar-refractivity contribution in [1.82, 2.24) is 9.13 Å².